The fourth-order valence-corrected chi connectivity index (χ4v) is 60.4. The van der Waals surface area contributed by atoms with E-state index in [2.05, 4.69) is 113 Å². The molecule has 6 heterocycles. The van der Waals surface area contributed by atoms with Gasteiger partial charge in [-0.15, -0.1) is 0 Å². The lowest BCUT2D eigenvalue weighted by molar-refractivity contribution is -0.0341. The van der Waals surface area contributed by atoms with Gasteiger partial charge in [0.1, 0.15) is 0 Å². The highest BCUT2D eigenvalue weighted by Crippen LogP contribution is 2.56. The van der Waals surface area contributed by atoms with Gasteiger partial charge in [0.2, 0.25) is 0 Å². The number of alkyl halides is 1. The van der Waals surface area contributed by atoms with E-state index in [0.717, 1.165) is 18.2 Å². The lowest BCUT2D eigenvalue weighted by atomic mass is 10.3. The molecular formula is C32H71BrO12Si8. The quantitative estimate of drug-likeness (QED) is 0.0742. The molecule has 0 radical (unpaired) electrons. The van der Waals surface area contributed by atoms with Crippen LogP contribution >= 0.6 is 15.9 Å². The third-order valence-electron chi connectivity index (χ3n) is 9.21. The minimum atomic E-state index is -3.86. The summed E-state index contributed by atoms with van der Waals surface area (Å²) in [6, 6.07) is 4.10. The van der Waals surface area contributed by atoms with Crippen molar-refractivity contribution in [3.63, 3.8) is 0 Å². The molecule has 6 aliphatic rings. The standard InChI is InChI=1S/C32H71BrO12Si8/c1-26(2)19-47-34-46(18-16-15-17-33)35-48(20-27(3)4)39-50(37-47,22-29(7)8)43-53(25-32(13)14)44-51(38-47,23-30(9)10)40-49(36-46,21-28(5)6)42-52(41-48,45-53)24-31(11)12/h26-32H,15-25H2,1-14H3. The summed E-state index contributed by atoms with van der Waals surface area (Å²) in [5, 5.41) is 0.847. The summed E-state index contributed by atoms with van der Waals surface area (Å²) in [6.45, 7) is 30.5. The van der Waals surface area contributed by atoms with Crippen LogP contribution in [-0.4, -0.2) is 75.8 Å². The molecule has 21 heteroatoms. The lowest BCUT2D eigenvalue weighted by Gasteiger charge is -2.64. The summed E-state index contributed by atoms with van der Waals surface area (Å²) in [4.78, 5) is 0. The Morgan fingerprint density at radius 3 is 0.604 bits per heavy atom. The first-order chi connectivity index (χ1) is 24.5. The van der Waals surface area contributed by atoms with Gasteiger partial charge in [0.15, 0.2) is 0 Å². The number of hydrogen-bond donors (Lipinski definition) is 0. The third kappa shape index (κ3) is 10.9. The fourth-order valence-electron chi connectivity index (χ4n) is 8.31. The van der Waals surface area contributed by atoms with E-state index >= 15 is 0 Å². The molecule has 0 saturated carbocycles. The third-order valence-corrected chi connectivity index (χ3v) is 49.8. The average molecular weight is 952 g/mol. The van der Waals surface area contributed by atoms with Gasteiger partial charge in [-0.25, -0.2) is 0 Å². The molecule has 6 aliphatic heterocycles. The van der Waals surface area contributed by atoms with Gasteiger partial charge in [-0.2, -0.15) is 0 Å². The van der Waals surface area contributed by atoms with Crippen LogP contribution in [0, 0.1) is 41.4 Å². The highest BCUT2D eigenvalue weighted by atomic mass is 79.9. The van der Waals surface area contributed by atoms with Crippen LogP contribution in [0.3, 0.4) is 0 Å². The molecule has 6 fully saturated rings. The normalized spacial score (nSPS) is 41.3. The van der Waals surface area contributed by atoms with Gasteiger partial charge in [0, 0.05) is 53.7 Å². The Bertz CT molecular complexity index is 1100. The number of hydrogen-bond acceptors (Lipinski definition) is 12. The van der Waals surface area contributed by atoms with Gasteiger partial charge in [-0.3, -0.25) is 0 Å². The maximum absolute atomic E-state index is 7.76. The van der Waals surface area contributed by atoms with Gasteiger partial charge >= 0.3 is 70.4 Å². The highest BCUT2D eigenvalue weighted by molar-refractivity contribution is 9.09. The van der Waals surface area contributed by atoms with E-state index in [-0.39, 0.29) is 41.4 Å². The van der Waals surface area contributed by atoms with E-state index in [9.17, 15) is 0 Å². The Morgan fingerprint density at radius 1 is 0.283 bits per heavy atom. The van der Waals surface area contributed by atoms with Crippen molar-refractivity contribution in [2.75, 3.05) is 5.33 Å². The summed E-state index contributed by atoms with van der Waals surface area (Å²) < 4.78 is 93.1. The van der Waals surface area contributed by atoms with Crippen LogP contribution in [0.1, 0.15) is 110 Å². The topological polar surface area (TPSA) is 111 Å². The van der Waals surface area contributed by atoms with Gasteiger partial charge in [-0.1, -0.05) is 113 Å². The first-order valence-electron chi connectivity index (χ1n) is 20.4. The van der Waals surface area contributed by atoms with Crippen molar-refractivity contribution in [2.24, 2.45) is 41.4 Å². The predicted molar refractivity (Wildman–Crippen MR) is 224 cm³/mol. The van der Waals surface area contributed by atoms with Crippen molar-refractivity contribution >= 4 is 86.4 Å². The maximum Gasteiger partial charge on any atom is 0.479 e. The minimum absolute atomic E-state index is 0.147. The molecule has 0 aromatic rings. The maximum atomic E-state index is 7.76. The zero-order valence-electron chi connectivity index (χ0n) is 35.1. The van der Waals surface area contributed by atoms with E-state index < -0.39 is 70.4 Å². The van der Waals surface area contributed by atoms with Crippen molar-refractivity contribution in [3.8, 4) is 0 Å². The summed E-state index contributed by atoms with van der Waals surface area (Å²) >= 11 is 3.67. The van der Waals surface area contributed by atoms with Crippen LogP contribution < -0.4 is 0 Å². The van der Waals surface area contributed by atoms with Crippen molar-refractivity contribution < 1.29 is 49.4 Å². The number of unbranched alkanes of at least 4 members (excludes halogenated alkanes) is 1. The molecule has 0 unspecified atom stereocenters. The Kier molecular flexibility index (Phi) is 14.7. The van der Waals surface area contributed by atoms with E-state index in [1.54, 1.807) is 0 Å². The smallest absolute Gasteiger partial charge is 0.373 e. The second-order valence-electron chi connectivity index (χ2n) is 19.0. The second kappa shape index (κ2) is 17.0. The highest BCUT2D eigenvalue weighted by Gasteiger charge is 2.83. The van der Waals surface area contributed by atoms with Gasteiger partial charge < -0.3 is 49.4 Å². The van der Waals surface area contributed by atoms with Crippen LogP contribution in [0.25, 0.3) is 0 Å². The molecule has 0 aromatic carbocycles. The first-order valence-corrected chi connectivity index (χ1v) is 37.0. The van der Waals surface area contributed by atoms with E-state index in [0.29, 0.717) is 48.4 Å². The van der Waals surface area contributed by atoms with Crippen LogP contribution in [-0.2, 0) is 49.4 Å². The zero-order valence-corrected chi connectivity index (χ0v) is 44.7. The fraction of sp³-hybridized carbons (Fsp3) is 1.00. The Hall–Kier alpha value is 1.74. The summed E-state index contributed by atoms with van der Waals surface area (Å²) in [7, 11) is -30.8. The first kappa shape index (κ1) is 45.8. The molecule has 12 nitrogen and oxygen atoms in total. The molecule has 310 valence electrons. The average Bonchev–Trinajstić information content (AvgIpc) is 2.85. The molecule has 0 N–H and O–H groups in total. The lowest BCUT2D eigenvalue weighted by Crippen LogP contribution is -2.88. The predicted octanol–water partition coefficient (Wildman–Crippen LogP) is 9.53. The Morgan fingerprint density at radius 2 is 0.453 bits per heavy atom. The molecular weight excluding hydrogens is 881 g/mol. The number of halogens is 1. The Balaban J connectivity index is 1.95. The van der Waals surface area contributed by atoms with Crippen molar-refractivity contribution in [1.82, 2.24) is 0 Å². The van der Waals surface area contributed by atoms with Gasteiger partial charge in [0.25, 0.3) is 0 Å². The summed E-state index contributed by atoms with van der Waals surface area (Å²) in [6.07, 6.45) is 1.71. The van der Waals surface area contributed by atoms with Gasteiger partial charge in [0.05, 0.1) is 0 Å². The molecule has 53 heavy (non-hydrogen) atoms. The van der Waals surface area contributed by atoms with Crippen molar-refractivity contribution in [1.29, 1.82) is 0 Å². The zero-order chi connectivity index (χ0) is 39.3. The molecule has 6 rings (SSSR count). The van der Waals surface area contributed by atoms with Crippen LogP contribution in [0.5, 0.6) is 0 Å². The molecule has 0 aliphatic carbocycles. The van der Waals surface area contributed by atoms with Crippen LogP contribution in [0.2, 0.25) is 48.4 Å². The molecule has 0 aromatic heterocycles. The monoisotopic (exact) mass is 950 g/mol. The van der Waals surface area contributed by atoms with Crippen molar-refractivity contribution in [2.45, 2.75) is 158 Å². The molecule has 8 bridgehead atoms. The van der Waals surface area contributed by atoms with Crippen molar-refractivity contribution in [3.05, 3.63) is 0 Å². The summed E-state index contributed by atoms with van der Waals surface area (Å²) in [5.41, 5.74) is 0. The number of rotatable bonds is 18. The van der Waals surface area contributed by atoms with E-state index in [1.807, 2.05) is 0 Å². The largest absolute Gasteiger partial charge is 0.479 e. The van der Waals surface area contributed by atoms with E-state index in [4.69, 9.17) is 49.4 Å². The molecule has 0 amide bonds. The molecule has 0 atom stereocenters. The second-order valence-corrected chi connectivity index (χ2v) is 43.9. The SMILES string of the molecule is CC(C)C[Si]12O[Si]3(CCCCBr)O[Si]4(CC(C)C)O[Si](CC(C)C)(O1)O[Si]1(CC(C)C)O[Si](CC(C)C)(O2)O[Si](CC(C)C)(O3)O[Si](CC(C)C)(O4)O1. The molecule has 6 saturated heterocycles. The summed E-state index contributed by atoms with van der Waals surface area (Å²) in [5.74, 6) is 1.03. The van der Waals surface area contributed by atoms with E-state index in [1.165, 1.54) is 0 Å². The minimum Gasteiger partial charge on any atom is -0.373 e. The van der Waals surface area contributed by atoms with Gasteiger partial charge in [-0.05, 0) is 54.3 Å². The van der Waals surface area contributed by atoms with Crippen LogP contribution in [0.4, 0.5) is 0 Å². The Labute approximate surface area is 338 Å². The van der Waals surface area contributed by atoms with Crippen LogP contribution in [0.15, 0.2) is 0 Å². The molecule has 0 spiro atoms.